The van der Waals surface area contributed by atoms with Gasteiger partial charge in [0.1, 0.15) is 10.0 Å². The molecule has 9 nitrogen and oxygen atoms in total. The standard InChI is InChI=1S/C20H22FN7O2S/c21-11-8-24-6-3-10(11)19-27-16(17(23)31-19)18(29)26-14-9-25-28-13(14)7-20-4-1-12(22)15(30-20)2-5-20/h3,6,8-9,12,15H,1-2,4-5,7,22-23H2,(H,25,28)(H,26,29). The van der Waals surface area contributed by atoms with Gasteiger partial charge in [-0.25, -0.2) is 9.37 Å². The van der Waals surface area contributed by atoms with Gasteiger partial charge in [0.05, 0.1) is 35.5 Å². The van der Waals surface area contributed by atoms with Crippen molar-refractivity contribution in [2.24, 2.45) is 5.73 Å². The quantitative estimate of drug-likeness (QED) is 0.474. The number of nitrogens with two attached hydrogens (primary N) is 2. The maximum Gasteiger partial charge on any atom is 0.277 e. The van der Waals surface area contributed by atoms with Crippen LogP contribution in [0.15, 0.2) is 24.7 Å². The van der Waals surface area contributed by atoms with Gasteiger partial charge in [0.2, 0.25) is 0 Å². The monoisotopic (exact) mass is 443 g/mol. The van der Waals surface area contributed by atoms with Gasteiger partial charge in [-0.05, 0) is 31.7 Å². The summed E-state index contributed by atoms with van der Waals surface area (Å²) in [6.45, 7) is 0. The van der Waals surface area contributed by atoms with Crippen molar-refractivity contribution in [2.75, 3.05) is 11.1 Å². The first-order valence-corrected chi connectivity index (χ1v) is 10.9. The van der Waals surface area contributed by atoms with E-state index in [0.29, 0.717) is 17.1 Å². The predicted molar refractivity (Wildman–Crippen MR) is 114 cm³/mol. The van der Waals surface area contributed by atoms with Gasteiger partial charge in [-0.15, -0.1) is 0 Å². The Labute approximate surface area is 181 Å². The van der Waals surface area contributed by atoms with E-state index in [-0.39, 0.29) is 34.0 Å². The fourth-order valence-electron chi connectivity index (χ4n) is 4.38. The molecule has 5 rings (SSSR count). The van der Waals surface area contributed by atoms with E-state index in [2.05, 4.69) is 25.5 Å². The molecule has 11 heteroatoms. The SMILES string of the molecule is Nc1sc(-c2ccncc2F)nc1C(=O)Nc1cn[nH]c1CC12CCC(N)C(CC1)O2. The molecule has 2 saturated heterocycles. The Hall–Kier alpha value is -2.89. The first kappa shape index (κ1) is 20.0. The molecule has 0 saturated carbocycles. The predicted octanol–water partition coefficient (Wildman–Crippen LogP) is 2.48. The third-order valence-electron chi connectivity index (χ3n) is 6.03. The van der Waals surface area contributed by atoms with Crippen molar-refractivity contribution in [3.63, 3.8) is 0 Å². The Kier molecular flexibility index (Phi) is 4.95. The van der Waals surface area contributed by atoms with Gasteiger partial charge in [-0.2, -0.15) is 5.10 Å². The Morgan fingerprint density at radius 1 is 1.39 bits per heavy atom. The Bertz CT molecular complexity index is 1130. The average molecular weight is 444 g/mol. The lowest BCUT2D eigenvalue weighted by Gasteiger charge is -2.36. The van der Waals surface area contributed by atoms with E-state index >= 15 is 0 Å². The molecular formula is C20H22FN7O2S. The van der Waals surface area contributed by atoms with Crippen LogP contribution in [0.5, 0.6) is 0 Å². The van der Waals surface area contributed by atoms with Gasteiger partial charge in [-0.1, -0.05) is 11.3 Å². The Morgan fingerprint density at radius 2 is 2.23 bits per heavy atom. The second-order valence-corrected chi connectivity index (χ2v) is 9.09. The number of thiazole rings is 1. The lowest BCUT2D eigenvalue weighted by Crippen LogP contribution is -2.45. The van der Waals surface area contributed by atoms with Crippen LogP contribution in [0.2, 0.25) is 0 Å². The Balaban J connectivity index is 1.34. The summed E-state index contributed by atoms with van der Waals surface area (Å²) in [4.78, 5) is 20.8. The van der Waals surface area contributed by atoms with Crippen molar-refractivity contribution in [1.82, 2.24) is 20.2 Å². The molecule has 31 heavy (non-hydrogen) atoms. The summed E-state index contributed by atoms with van der Waals surface area (Å²) in [6.07, 6.45) is 8.47. The number of ether oxygens (including phenoxy) is 1. The summed E-state index contributed by atoms with van der Waals surface area (Å²) in [7, 11) is 0. The maximum absolute atomic E-state index is 14.0. The molecule has 6 N–H and O–H groups in total. The highest BCUT2D eigenvalue weighted by molar-refractivity contribution is 7.19. The van der Waals surface area contributed by atoms with Crippen molar-refractivity contribution in [3.8, 4) is 10.6 Å². The number of carbonyl (C=O) groups is 1. The number of rotatable bonds is 5. The highest BCUT2D eigenvalue weighted by atomic mass is 32.1. The summed E-state index contributed by atoms with van der Waals surface area (Å²) in [5.41, 5.74) is 13.5. The van der Waals surface area contributed by atoms with Gasteiger partial charge >= 0.3 is 0 Å². The zero-order valence-electron chi connectivity index (χ0n) is 16.6. The summed E-state index contributed by atoms with van der Waals surface area (Å²) >= 11 is 1.05. The highest BCUT2D eigenvalue weighted by Crippen LogP contribution is 2.43. The van der Waals surface area contributed by atoms with E-state index in [1.54, 1.807) is 6.20 Å². The summed E-state index contributed by atoms with van der Waals surface area (Å²) in [5.74, 6) is -1.01. The van der Waals surface area contributed by atoms with E-state index in [0.717, 1.165) is 48.9 Å². The first-order chi connectivity index (χ1) is 14.9. The molecule has 2 bridgehead atoms. The number of H-pyrrole nitrogens is 1. The minimum absolute atomic E-state index is 0.0438. The number of aromatic amines is 1. The van der Waals surface area contributed by atoms with E-state index in [9.17, 15) is 9.18 Å². The number of carbonyl (C=O) groups excluding carboxylic acids is 1. The van der Waals surface area contributed by atoms with Gasteiger partial charge in [0.15, 0.2) is 11.5 Å². The molecular weight excluding hydrogens is 421 g/mol. The molecule has 0 aliphatic carbocycles. The van der Waals surface area contributed by atoms with E-state index < -0.39 is 11.7 Å². The Morgan fingerprint density at radius 3 is 3.06 bits per heavy atom. The number of nitrogen functional groups attached to an aromatic ring is 1. The molecule has 5 heterocycles. The van der Waals surface area contributed by atoms with Crippen molar-refractivity contribution in [1.29, 1.82) is 0 Å². The largest absolute Gasteiger partial charge is 0.389 e. The van der Waals surface area contributed by atoms with Gasteiger partial charge in [-0.3, -0.25) is 14.9 Å². The molecule has 2 aliphatic heterocycles. The lowest BCUT2D eigenvalue weighted by molar-refractivity contribution is -0.0850. The maximum atomic E-state index is 14.0. The molecule has 1 amide bonds. The number of pyridine rings is 1. The van der Waals surface area contributed by atoms with Crippen LogP contribution in [0, 0.1) is 5.82 Å². The number of fused-ring (bicyclic) bond motifs is 2. The molecule has 2 fully saturated rings. The third kappa shape index (κ3) is 3.68. The number of nitrogens with zero attached hydrogens (tertiary/aromatic N) is 3. The molecule has 0 aromatic carbocycles. The van der Waals surface area contributed by atoms with Crippen LogP contribution in [0.1, 0.15) is 41.9 Å². The molecule has 0 radical (unpaired) electrons. The van der Waals surface area contributed by atoms with Crippen LogP contribution in [-0.4, -0.2) is 43.8 Å². The van der Waals surface area contributed by atoms with E-state index in [1.807, 2.05) is 0 Å². The molecule has 2 aliphatic rings. The van der Waals surface area contributed by atoms with Crippen LogP contribution < -0.4 is 16.8 Å². The number of halogens is 1. The van der Waals surface area contributed by atoms with E-state index in [4.69, 9.17) is 16.2 Å². The van der Waals surface area contributed by atoms with Crippen molar-refractivity contribution >= 4 is 27.9 Å². The molecule has 162 valence electrons. The molecule has 3 aromatic heterocycles. The zero-order chi connectivity index (χ0) is 21.6. The van der Waals surface area contributed by atoms with Crippen LogP contribution in [0.4, 0.5) is 15.1 Å². The second-order valence-electron chi connectivity index (χ2n) is 8.06. The minimum Gasteiger partial charge on any atom is -0.389 e. The van der Waals surface area contributed by atoms with E-state index in [1.165, 1.54) is 12.3 Å². The average Bonchev–Trinajstić information content (AvgIpc) is 3.44. The number of nitrogens with one attached hydrogen (secondary N) is 2. The molecule has 3 unspecified atom stereocenters. The summed E-state index contributed by atoms with van der Waals surface area (Å²) in [6, 6.07) is 1.58. The number of amides is 1. The molecule has 3 atom stereocenters. The topological polar surface area (TPSA) is 145 Å². The van der Waals surface area contributed by atoms with Crippen molar-refractivity contribution < 1.29 is 13.9 Å². The summed E-state index contributed by atoms with van der Waals surface area (Å²) < 4.78 is 20.3. The zero-order valence-corrected chi connectivity index (χ0v) is 17.4. The number of hydrogen-bond donors (Lipinski definition) is 4. The lowest BCUT2D eigenvalue weighted by atomic mass is 9.88. The second kappa shape index (κ2) is 7.66. The minimum atomic E-state index is -0.526. The smallest absolute Gasteiger partial charge is 0.277 e. The number of aromatic nitrogens is 4. The van der Waals surface area contributed by atoms with Gasteiger partial charge in [0.25, 0.3) is 5.91 Å². The van der Waals surface area contributed by atoms with Crippen LogP contribution in [-0.2, 0) is 11.2 Å². The van der Waals surface area contributed by atoms with Crippen LogP contribution >= 0.6 is 11.3 Å². The molecule has 0 spiro atoms. The fourth-order valence-corrected chi connectivity index (χ4v) is 5.24. The highest BCUT2D eigenvalue weighted by Gasteiger charge is 2.46. The van der Waals surface area contributed by atoms with Crippen molar-refractivity contribution in [3.05, 3.63) is 41.9 Å². The number of hydrogen-bond acceptors (Lipinski definition) is 8. The van der Waals surface area contributed by atoms with Crippen LogP contribution in [0.25, 0.3) is 10.6 Å². The third-order valence-corrected chi connectivity index (χ3v) is 6.95. The first-order valence-electron chi connectivity index (χ1n) is 10.1. The summed E-state index contributed by atoms with van der Waals surface area (Å²) in [5, 5.41) is 10.4. The normalized spacial score (nSPS) is 25.0. The molecule has 3 aromatic rings. The number of anilines is 2. The van der Waals surface area contributed by atoms with Crippen LogP contribution in [0.3, 0.4) is 0 Å². The van der Waals surface area contributed by atoms with Gasteiger partial charge < -0.3 is 21.5 Å². The fraction of sp³-hybridized carbons (Fsp3) is 0.400. The van der Waals surface area contributed by atoms with Crippen molar-refractivity contribution in [2.45, 2.75) is 49.9 Å². The van der Waals surface area contributed by atoms with Gasteiger partial charge in [0, 0.05) is 24.2 Å².